The smallest absolute Gasteiger partial charge is 0.332 e. The number of aryl methyl sites for hydroxylation is 1. The number of imidazole rings is 1. The number of amides is 1. The highest BCUT2D eigenvalue weighted by atomic mass is 16.5. The standard InChI is InChI=1S/C27H29N5O4/c1-29-23-22(25(34)30(2)27(29)35)32(16-17-7-8-18-5-3-4-6-20(18)15-17)26(28-23)36-21-11-13-31(14-12-21)24(33)19-9-10-19/h3-8,15,19,21H,9-14,16H2,1-2H3. The quantitative estimate of drug-likeness (QED) is 0.431. The molecule has 1 saturated heterocycles. The molecule has 0 bridgehead atoms. The van der Waals surface area contributed by atoms with Crippen LogP contribution in [0.2, 0.25) is 0 Å². The van der Waals surface area contributed by atoms with Crippen molar-refractivity contribution >= 4 is 27.8 Å². The van der Waals surface area contributed by atoms with Gasteiger partial charge in [0.2, 0.25) is 5.91 Å². The zero-order valence-corrected chi connectivity index (χ0v) is 20.5. The summed E-state index contributed by atoms with van der Waals surface area (Å²) in [4.78, 5) is 44.8. The molecule has 0 spiro atoms. The molecule has 2 aliphatic rings. The maximum absolute atomic E-state index is 13.2. The third kappa shape index (κ3) is 3.88. The number of likely N-dealkylation sites (tertiary alicyclic amines) is 1. The van der Waals surface area contributed by atoms with Crippen molar-refractivity contribution in [3.63, 3.8) is 0 Å². The predicted molar refractivity (Wildman–Crippen MR) is 136 cm³/mol. The van der Waals surface area contributed by atoms with Crippen molar-refractivity contribution in [2.45, 2.75) is 38.3 Å². The molecule has 0 unspecified atom stereocenters. The Hall–Kier alpha value is -3.88. The van der Waals surface area contributed by atoms with Gasteiger partial charge in [0.15, 0.2) is 11.2 Å². The van der Waals surface area contributed by atoms with E-state index < -0.39 is 11.2 Å². The zero-order chi connectivity index (χ0) is 25.0. The molecular formula is C27H29N5O4. The number of carbonyl (C=O) groups is 1. The summed E-state index contributed by atoms with van der Waals surface area (Å²) in [5.74, 6) is 0.474. The number of hydrogen-bond acceptors (Lipinski definition) is 5. The molecule has 4 aromatic rings. The van der Waals surface area contributed by atoms with E-state index in [1.54, 1.807) is 11.6 Å². The van der Waals surface area contributed by atoms with Gasteiger partial charge in [0.25, 0.3) is 11.6 Å². The van der Waals surface area contributed by atoms with Gasteiger partial charge in [0, 0.05) is 45.9 Å². The van der Waals surface area contributed by atoms with Crippen LogP contribution in [0.4, 0.5) is 0 Å². The fourth-order valence-electron chi connectivity index (χ4n) is 5.11. The van der Waals surface area contributed by atoms with Crippen LogP contribution in [0.25, 0.3) is 21.9 Å². The lowest BCUT2D eigenvalue weighted by molar-refractivity contribution is -0.134. The summed E-state index contributed by atoms with van der Waals surface area (Å²) in [6, 6.07) is 14.6. The van der Waals surface area contributed by atoms with Gasteiger partial charge in [-0.25, -0.2) is 4.79 Å². The molecule has 1 amide bonds. The number of hydrogen-bond donors (Lipinski definition) is 0. The Morgan fingerprint density at radius 1 is 0.972 bits per heavy atom. The van der Waals surface area contributed by atoms with Crippen LogP contribution >= 0.6 is 0 Å². The van der Waals surface area contributed by atoms with Gasteiger partial charge in [-0.05, 0) is 35.2 Å². The Morgan fingerprint density at radius 3 is 2.42 bits per heavy atom. The van der Waals surface area contributed by atoms with E-state index in [0.29, 0.717) is 49.7 Å². The van der Waals surface area contributed by atoms with E-state index in [-0.39, 0.29) is 17.9 Å². The van der Waals surface area contributed by atoms with Crippen LogP contribution < -0.4 is 16.0 Å². The number of piperidine rings is 1. The van der Waals surface area contributed by atoms with Crippen LogP contribution in [0, 0.1) is 5.92 Å². The molecule has 0 radical (unpaired) electrons. The average Bonchev–Trinajstić information content (AvgIpc) is 3.69. The lowest BCUT2D eigenvalue weighted by atomic mass is 10.1. The summed E-state index contributed by atoms with van der Waals surface area (Å²) < 4.78 is 10.6. The van der Waals surface area contributed by atoms with Crippen molar-refractivity contribution in [3.05, 3.63) is 68.9 Å². The molecule has 0 atom stereocenters. The summed E-state index contributed by atoms with van der Waals surface area (Å²) in [6.45, 7) is 1.69. The third-order valence-electron chi connectivity index (χ3n) is 7.42. The molecule has 2 aromatic heterocycles. The van der Waals surface area contributed by atoms with Gasteiger partial charge < -0.3 is 9.64 Å². The molecule has 2 fully saturated rings. The fraction of sp³-hybridized carbons (Fsp3) is 0.407. The molecule has 6 rings (SSSR count). The minimum atomic E-state index is -0.429. The molecule has 1 aliphatic carbocycles. The maximum Gasteiger partial charge on any atom is 0.332 e. The minimum absolute atomic E-state index is 0.124. The minimum Gasteiger partial charge on any atom is -0.461 e. The first-order chi connectivity index (χ1) is 17.4. The predicted octanol–water partition coefficient (Wildman–Crippen LogP) is 2.42. The molecule has 1 saturated carbocycles. The first-order valence-corrected chi connectivity index (χ1v) is 12.5. The van der Waals surface area contributed by atoms with Crippen molar-refractivity contribution in [3.8, 4) is 6.01 Å². The van der Waals surface area contributed by atoms with Crippen LogP contribution in [0.15, 0.2) is 52.1 Å². The van der Waals surface area contributed by atoms with Gasteiger partial charge in [-0.2, -0.15) is 4.98 Å². The van der Waals surface area contributed by atoms with Crippen LogP contribution in [0.1, 0.15) is 31.2 Å². The van der Waals surface area contributed by atoms with E-state index in [0.717, 1.165) is 33.7 Å². The Balaban J connectivity index is 1.36. The number of ether oxygens (including phenoxy) is 1. The summed E-state index contributed by atoms with van der Waals surface area (Å²) in [7, 11) is 3.09. The monoisotopic (exact) mass is 487 g/mol. The van der Waals surface area contributed by atoms with Gasteiger partial charge >= 0.3 is 5.69 Å². The van der Waals surface area contributed by atoms with Crippen molar-refractivity contribution in [2.75, 3.05) is 13.1 Å². The molecule has 9 nitrogen and oxygen atoms in total. The summed E-state index contributed by atoms with van der Waals surface area (Å²) in [6.07, 6.45) is 3.29. The van der Waals surface area contributed by atoms with E-state index in [1.807, 2.05) is 23.1 Å². The Bertz CT molecular complexity index is 1600. The van der Waals surface area contributed by atoms with E-state index in [4.69, 9.17) is 4.74 Å². The lowest BCUT2D eigenvalue weighted by Gasteiger charge is -2.32. The van der Waals surface area contributed by atoms with Crippen LogP contribution in [-0.4, -0.2) is 48.7 Å². The van der Waals surface area contributed by atoms with E-state index >= 15 is 0 Å². The first-order valence-electron chi connectivity index (χ1n) is 12.5. The van der Waals surface area contributed by atoms with Crippen LogP contribution in [0.5, 0.6) is 6.01 Å². The molecule has 1 aliphatic heterocycles. The number of rotatable bonds is 5. The van der Waals surface area contributed by atoms with Crippen molar-refractivity contribution < 1.29 is 9.53 Å². The number of aromatic nitrogens is 4. The fourth-order valence-corrected chi connectivity index (χ4v) is 5.11. The zero-order valence-electron chi connectivity index (χ0n) is 20.5. The number of nitrogens with zero attached hydrogens (tertiary/aromatic N) is 5. The molecule has 3 heterocycles. The van der Waals surface area contributed by atoms with Gasteiger partial charge in [-0.3, -0.25) is 23.3 Å². The van der Waals surface area contributed by atoms with Gasteiger partial charge in [-0.15, -0.1) is 0 Å². The second-order valence-electron chi connectivity index (χ2n) is 9.96. The van der Waals surface area contributed by atoms with E-state index in [1.165, 1.54) is 11.6 Å². The Morgan fingerprint density at radius 2 is 1.69 bits per heavy atom. The van der Waals surface area contributed by atoms with Crippen molar-refractivity contribution in [1.29, 1.82) is 0 Å². The Labute approximate surface area is 207 Å². The van der Waals surface area contributed by atoms with E-state index in [9.17, 15) is 14.4 Å². The van der Waals surface area contributed by atoms with Gasteiger partial charge in [-0.1, -0.05) is 36.4 Å². The first kappa shape index (κ1) is 22.6. The third-order valence-corrected chi connectivity index (χ3v) is 7.42. The molecular weight excluding hydrogens is 458 g/mol. The second kappa shape index (κ2) is 8.65. The average molecular weight is 488 g/mol. The molecule has 186 valence electrons. The highest BCUT2D eigenvalue weighted by Gasteiger charge is 2.35. The van der Waals surface area contributed by atoms with E-state index in [2.05, 4.69) is 29.2 Å². The summed E-state index contributed by atoms with van der Waals surface area (Å²) in [5.41, 5.74) is 0.810. The Kier molecular flexibility index (Phi) is 5.43. The SMILES string of the molecule is Cn1c(=O)c2c(nc(OC3CCN(C(=O)C4CC4)CC3)n2Cc2ccc3ccccc3c2)n(C)c1=O. The largest absolute Gasteiger partial charge is 0.461 e. The highest BCUT2D eigenvalue weighted by molar-refractivity contribution is 5.83. The topological polar surface area (TPSA) is 91.4 Å². The second-order valence-corrected chi connectivity index (χ2v) is 9.96. The van der Waals surface area contributed by atoms with Gasteiger partial charge in [0.1, 0.15) is 6.10 Å². The normalized spacial score (nSPS) is 16.7. The molecule has 36 heavy (non-hydrogen) atoms. The molecule has 2 aromatic carbocycles. The highest BCUT2D eigenvalue weighted by Crippen LogP contribution is 2.32. The number of benzene rings is 2. The summed E-state index contributed by atoms with van der Waals surface area (Å²) in [5, 5.41) is 2.24. The van der Waals surface area contributed by atoms with Crippen molar-refractivity contribution in [1.82, 2.24) is 23.6 Å². The summed E-state index contributed by atoms with van der Waals surface area (Å²) >= 11 is 0. The number of carbonyl (C=O) groups excluding carboxylic acids is 1. The number of fused-ring (bicyclic) bond motifs is 2. The molecule has 9 heteroatoms. The van der Waals surface area contributed by atoms with Crippen LogP contribution in [0.3, 0.4) is 0 Å². The van der Waals surface area contributed by atoms with Crippen molar-refractivity contribution in [2.24, 2.45) is 20.0 Å². The molecule has 0 N–H and O–H groups in total. The lowest BCUT2D eigenvalue weighted by Crippen LogP contribution is -2.42. The maximum atomic E-state index is 13.2. The van der Waals surface area contributed by atoms with Gasteiger partial charge in [0.05, 0.1) is 6.54 Å². The van der Waals surface area contributed by atoms with Crippen LogP contribution in [-0.2, 0) is 25.4 Å².